The summed E-state index contributed by atoms with van der Waals surface area (Å²) >= 11 is 0. The number of alkyl halides is 3. The second-order valence-electron chi connectivity index (χ2n) is 9.22. The van der Waals surface area contributed by atoms with Gasteiger partial charge < -0.3 is 29.4 Å². The number of halogens is 5. The molecule has 1 fully saturated rings. The SMILES string of the molecule is COc1c([C@H]2[C@H](c3cc(=O)c4c(OC[C@@H](O)CO)nccc4[nH]3)O[C@@](C)(C(F)(F)F)[C@H]2C)ccc(F)c1F. The molecule has 13 heteroatoms. The number of ether oxygens (including phenoxy) is 3. The molecule has 5 atom stereocenters. The number of hydrogen-bond acceptors (Lipinski definition) is 7. The molecule has 3 aromatic rings. The monoisotopic (exact) mass is 544 g/mol. The fourth-order valence-corrected chi connectivity index (χ4v) is 4.76. The predicted octanol–water partition coefficient (Wildman–Crippen LogP) is 3.75. The second-order valence-corrected chi connectivity index (χ2v) is 9.22. The molecule has 3 heterocycles. The third kappa shape index (κ3) is 4.58. The Morgan fingerprint density at radius 2 is 1.97 bits per heavy atom. The Kier molecular flexibility index (Phi) is 7.38. The molecule has 0 saturated carbocycles. The molecular weight excluding hydrogens is 519 g/mol. The Labute approximate surface area is 213 Å². The third-order valence-corrected chi connectivity index (χ3v) is 6.97. The maximum absolute atomic E-state index is 14.6. The van der Waals surface area contributed by atoms with Crippen LogP contribution in [0.25, 0.3) is 10.9 Å². The van der Waals surface area contributed by atoms with Gasteiger partial charge in [0.2, 0.25) is 11.7 Å². The quantitative estimate of drug-likeness (QED) is 0.388. The predicted molar refractivity (Wildman–Crippen MR) is 124 cm³/mol. The summed E-state index contributed by atoms with van der Waals surface area (Å²) in [5.74, 6) is -5.85. The highest BCUT2D eigenvalue weighted by Crippen LogP contribution is 2.59. The summed E-state index contributed by atoms with van der Waals surface area (Å²) in [4.78, 5) is 20.0. The standard InChI is InChI=1S/C25H25F5N2O6/c1-11-18(13-4-5-14(26)20(27)21(13)36-3)22(38-24(11,2)25(28,29)30)16-8-17(35)19-15(32-16)6-7-31-23(19)37-10-12(34)9-33/h4-8,11-12,18,22,33-34H,9-10H2,1-3H3,(H,32,35)/t11-,12-,18-,22-,24+/m0/s1. The highest BCUT2D eigenvalue weighted by Gasteiger charge is 2.65. The van der Waals surface area contributed by atoms with E-state index in [1.165, 1.54) is 19.2 Å². The molecule has 0 spiro atoms. The van der Waals surface area contributed by atoms with Crippen molar-refractivity contribution < 1.29 is 46.4 Å². The second kappa shape index (κ2) is 10.1. The number of pyridine rings is 2. The van der Waals surface area contributed by atoms with Gasteiger partial charge in [-0.3, -0.25) is 4.79 Å². The van der Waals surface area contributed by atoms with E-state index in [1.54, 1.807) is 0 Å². The van der Waals surface area contributed by atoms with Crippen LogP contribution in [0.15, 0.2) is 35.3 Å². The lowest BCUT2D eigenvalue weighted by Crippen LogP contribution is -2.46. The van der Waals surface area contributed by atoms with Crippen LogP contribution in [-0.2, 0) is 4.74 Å². The van der Waals surface area contributed by atoms with Gasteiger partial charge in [0.15, 0.2) is 22.6 Å². The molecule has 0 bridgehead atoms. The summed E-state index contributed by atoms with van der Waals surface area (Å²) in [5.41, 5.74) is -3.36. The maximum atomic E-state index is 14.6. The van der Waals surface area contributed by atoms with Crippen molar-refractivity contribution in [1.29, 1.82) is 0 Å². The molecule has 1 aliphatic heterocycles. The topological polar surface area (TPSA) is 114 Å². The zero-order valence-corrected chi connectivity index (χ0v) is 20.5. The Balaban J connectivity index is 1.88. The number of nitrogens with one attached hydrogen (secondary N) is 1. The third-order valence-electron chi connectivity index (χ3n) is 6.97. The van der Waals surface area contributed by atoms with Crippen LogP contribution < -0.4 is 14.9 Å². The van der Waals surface area contributed by atoms with Gasteiger partial charge in [-0.15, -0.1) is 0 Å². The van der Waals surface area contributed by atoms with Gasteiger partial charge in [0, 0.05) is 35.4 Å². The van der Waals surface area contributed by atoms with Gasteiger partial charge in [0.05, 0.1) is 19.2 Å². The Bertz CT molecular complexity index is 1400. The van der Waals surface area contributed by atoms with Gasteiger partial charge in [-0.1, -0.05) is 13.0 Å². The number of nitrogens with zero attached hydrogens (tertiary/aromatic N) is 1. The average Bonchev–Trinajstić information content (AvgIpc) is 3.15. The molecule has 0 radical (unpaired) electrons. The molecule has 1 aliphatic rings. The van der Waals surface area contributed by atoms with Crippen molar-refractivity contribution >= 4 is 10.9 Å². The van der Waals surface area contributed by atoms with E-state index in [1.807, 2.05) is 0 Å². The molecule has 1 saturated heterocycles. The first-order chi connectivity index (χ1) is 17.8. The molecule has 2 aromatic heterocycles. The number of aromatic nitrogens is 2. The number of H-pyrrole nitrogens is 1. The molecule has 0 amide bonds. The van der Waals surface area contributed by atoms with Crippen LogP contribution in [0, 0.1) is 17.6 Å². The fourth-order valence-electron chi connectivity index (χ4n) is 4.76. The van der Waals surface area contributed by atoms with Gasteiger partial charge >= 0.3 is 6.18 Å². The summed E-state index contributed by atoms with van der Waals surface area (Å²) < 4.78 is 87.2. The van der Waals surface area contributed by atoms with Crippen LogP contribution in [0.1, 0.15) is 37.1 Å². The van der Waals surface area contributed by atoms with Crippen molar-refractivity contribution in [1.82, 2.24) is 9.97 Å². The van der Waals surface area contributed by atoms with Crippen molar-refractivity contribution in [2.75, 3.05) is 20.3 Å². The van der Waals surface area contributed by atoms with Crippen LogP contribution in [0.3, 0.4) is 0 Å². The molecular formula is C25H25F5N2O6. The van der Waals surface area contributed by atoms with E-state index in [0.717, 1.165) is 32.2 Å². The molecule has 1 aromatic carbocycles. The first-order valence-corrected chi connectivity index (χ1v) is 11.5. The highest BCUT2D eigenvalue weighted by atomic mass is 19.4. The fraction of sp³-hybridized carbons (Fsp3) is 0.440. The van der Waals surface area contributed by atoms with E-state index >= 15 is 0 Å². The Hall–Kier alpha value is -3.29. The van der Waals surface area contributed by atoms with Crippen molar-refractivity contribution in [3.63, 3.8) is 0 Å². The zero-order chi connectivity index (χ0) is 28.0. The van der Waals surface area contributed by atoms with E-state index in [-0.39, 0.29) is 34.6 Å². The van der Waals surface area contributed by atoms with Gasteiger partial charge in [0.1, 0.15) is 24.2 Å². The minimum atomic E-state index is -4.85. The highest BCUT2D eigenvalue weighted by molar-refractivity contribution is 5.83. The first-order valence-electron chi connectivity index (χ1n) is 11.5. The van der Waals surface area contributed by atoms with E-state index in [2.05, 4.69) is 9.97 Å². The summed E-state index contributed by atoms with van der Waals surface area (Å²) in [5, 5.41) is 18.5. The molecule has 4 rings (SSSR count). The van der Waals surface area contributed by atoms with Crippen LogP contribution >= 0.6 is 0 Å². The smallest absolute Gasteiger partial charge is 0.417 e. The Morgan fingerprint density at radius 1 is 1.26 bits per heavy atom. The molecule has 8 nitrogen and oxygen atoms in total. The van der Waals surface area contributed by atoms with E-state index < -0.39 is 65.2 Å². The summed E-state index contributed by atoms with van der Waals surface area (Å²) in [6.07, 6.45) is -6.25. The van der Waals surface area contributed by atoms with Crippen molar-refractivity contribution in [2.24, 2.45) is 5.92 Å². The zero-order valence-electron chi connectivity index (χ0n) is 20.5. The van der Waals surface area contributed by atoms with Crippen LogP contribution in [0.2, 0.25) is 0 Å². The summed E-state index contributed by atoms with van der Waals surface area (Å²) in [6.45, 7) is 1.18. The van der Waals surface area contributed by atoms with Crippen LogP contribution in [-0.4, -0.2) is 58.4 Å². The number of aromatic amines is 1. The molecule has 0 unspecified atom stereocenters. The Morgan fingerprint density at radius 3 is 2.61 bits per heavy atom. The van der Waals surface area contributed by atoms with Crippen LogP contribution in [0.5, 0.6) is 11.6 Å². The maximum Gasteiger partial charge on any atom is 0.417 e. The van der Waals surface area contributed by atoms with Gasteiger partial charge in [0.25, 0.3) is 0 Å². The summed E-state index contributed by atoms with van der Waals surface area (Å²) in [6, 6.07) is 4.35. The van der Waals surface area contributed by atoms with Crippen molar-refractivity contribution in [3.05, 3.63) is 63.6 Å². The minimum Gasteiger partial charge on any atom is -0.493 e. The molecule has 0 aliphatic carbocycles. The van der Waals surface area contributed by atoms with E-state index in [0.29, 0.717) is 0 Å². The molecule has 206 valence electrons. The average molecular weight is 544 g/mol. The molecule has 3 N–H and O–H groups in total. The largest absolute Gasteiger partial charge is 0.493 e. The normalized spacial score (nSPS) is 24.5. The number of aliphatic hydroxyl groups is 2. The number of fused-ring (bicyclic) bond motifs is 1. The van der Waals surface area contributed by atoms with Gasteiger partial charge in [-0.25, -0.2) is 9.37 Å². The lowest BCUT2D eigenvalue weighted by molar-refractivity contribution is -0.275. The van der Waals surface area contributed by atoms with E-state index in [4.69, 9.17) is 19.3 Å². The minimum absolute atomic E-state index is 0.0482. The number of benzene rings is 1. The lowest BCUT2D eigenvalue weighted by atomic mass is 9.76. The van der Waals surface area contributed by atoms with E-state index in [9.17, 15) is 31.9 Å². The lowest BCUT2D eigenvalue weighted by Gasteiger charge is -2.32. The summed E-state index contributed by atoms with van der Waals surface area (Å²) in [7, 11) is 1.07. The number of rotatable bonds is 7. The number of aliphatic hydroxyl groups excluding tert-OH is 2. The first kappa shape index (κ1) is 27.7. The van der Waals surface area contributed by atoms with Crippen molar-refractivity contribution in [2.45, 2.75) is 43.8 Å². The van der Waals surface area contributed by atoms with Gasteiger partial charge in [-0.2, -0.15) is 17.6 Å². The number of methoxy groups -OCH3 is 1. The van der Waals surface area contributed by atoms with Crippen LogP contribution in [0.4, 0.5) is 22.0 Å². The number of hydrogen-bond donors (Lipinski definition) is 3. The van der Waals surface area contributed by atoms with Crippen molar-refractivity contribution in [3.8, 4) is 11.6 Å². The molecule has 38 heavy (non-hydrogen) atoms. The van der Waals surface area contributed by atoms with Gasteiger partial charge in [-0.05, 0) is 19.1 Å².